The molecular formula is C10H17N3. The lowest BCUT2D eigenvalue weighted by Gasteiger charge is -2.20. The molecule has 3 nitrogen and oxygen atoms in total. The van der Waals surface area contributed by atoms with E-state index in [-0.39, 0.29) is 0 Å². The third-order valence-corrected chi connectivity index (χ3v) is 2.41. The molecule has 0 radical (unpaired) electrons. The van der Waals surface area contributed by atoms with Crippen LogP contribution < -0.4 is 5.32 Å². The second-order valence-corrected chi connectivity index (χ2v) is 3.20. The molecule has 0 aliphatic rings. The molecule has 0 amide bonds. The fraction of sp³-hybridized carbons (Fsp3) is 0.600. The molecule has 13 heavy (non-hydrogen) atoms. The summed E-state index contributed by atoms with van der Waals surface area (Å²) in [5, 5.41) is 3.27. The van der Waals surface area contributed by atoms with Gasteiger partial charge in [-0.25, -0.2) is 9.97 Å². The van der Waals surface area contributed by atoms with Crippen molar-refractivity contribution in [3.63, 3.8) is 0 Å². The molecule has 72 valence electrons. The van der Waals surface area contributed by atoms with Gasteiger partial charge in [0.15, 0.2) is 0 Å². The summed E-state index contributed by atoms with van der Waals surface area (Å²) in [5.41, 5.74) is 0. The van der Waals surface area contributed by atoms with Crippen LogP contribution in [0.15, 0.2) is 18.5 Å². The molecule has 2 atom stereocenters. The summed E-state index contributed by atoms with van der Waals surface area (Å²) in [7, 11) is 1.98. The molecule has 0 aliphatic heterocycles. The Morgan fingerprint density at radius 2 is 2.00 bits per heavy atom. The van der Waals surface area contributed by atoms with Gasteiger partial charge in [0.2, 0.25) is 0 Å². The number of hydrogen-bond donors (Lipinski definition) is 1. The van der Waals surface area contributed by atoms with E-state index < -0.39 is 0 Å². The van der Waals surface area contributed by atoms with Crippen molar-refractivity contribution in [3.8, 4) is 0 Å². The van der Waals surface area contributed by atoms with Crippen LogP contribution in [0.5, 0.6) is 0 Å². The number of likely N-dealkylation sites (N-methyl/N-ethyl adjacent to an activating group) is 1. The molecule has 1 N–H and O–H groups in total. The van der Waals surface area contributed by atoms with Crippen LogP contribution >= 0.6 is 0 Å². The summed E-state index contributed by atoms with van der Waals surface area (Å²) in [4.78, 5) is 8.49. The Morgan fingerprint density at radius 1 is 1.38 bits per heavy atom. The van der Waals surface area contributed by atoms with Crippen molar-refractivity contribution in [2.75, 3.05) is 7.05 Å². The van der Waals surface area contributed by atoms with Gasteiger partial charge in [0.1, 0.15) is 5.82 Å². The van der Waals surface area contributed by atoms with Crippen molar-refractivity contribution >= 4 is 0 Å². The Bertz CT molecular complexity index is 231. The summed E-state index contributed by atoms with van der Waals surface area (Å²) in [6.07, 6.45) is 4.68. The molecule has 1 rings (SSSR count). The highest BCUT2D eigenvalue weighted by Gasteiger charge is 2.16. The topological polar surface area (TPSA) is 37.8 Å². The minimum absolute atomic E-state index is 0.371. The van der Waals surface area contributed by atoms with Crippen LogP contribution in [0.4, 0.5) is 0 Å². The van der Waals surface area contributed by atoms with E-state index in [2.05, 4.69) is 29.1 Å². The maximum Gasteiger partial charge on any atom is 0.132 e. The summed E-state index contributed by atoms with van der Waals surface area (Å²) >= 11 is 0. The predicted octanol–water partition coefficient (Wildman–Crippen LogP) is 1.58. The highest BCUT2D eigenvalue weighted by molar-refractivity contribution is 4.99. The van der Waals surface area contributed by atoms with Crippen LogP contribution in [-0.4, -0.2) is 23.1 Å². The van der Waals surface area contributed by atoms with Crippen molar-refractivity contribution in [1.82, 2.24) is 15.3 Å². The molecule has 1 aromatic rings. The Hall–Kier alpha value is -0.960. The Kier molecular flexibility index (Phi) is 3.83. The average Bonchev–Trinajstić information content (AvgIpc) is 2.21. The molecule has 0 bridgehead atoms. The molecule has 3 heteroatoms. The molecular weight excluding hydrogens is 162 g/mol. The van der Waals surface area contributed by atoms with Crippen LogP contribution in [-0.2, 0) is 0 Å². The zero-order valence-corrected chi connectivity index (χ0v) is 8.49. The molecule has 1 heterocycles. The van der Waals surface area contributed by atoms with Gasteiger partial charge in [-0.3, -0.25) is 0 Å². The first-order valence-electron chi connectivity index (χ1n) is 4.73. The van der Waals surface area contributed by atoms with Crippen LogP contribution in [0.25, 0.3) is 0 Å². The van der Waals surface area contributed by atoms with E-state index in [9.17, 15) is 0 Å². The summed E-state index contributed by atoms with van der Waals surface area (Å²) in [6.45, 7) is 4.32. The van der Waals surface area contributed by atoms with E-state index in [4.69, 9.17) is 0 Å². The average molecular weight is 179 g/mol. The molecule has 0 saturated carbocycles. The Labute approximate surface area is 79.6 Å². The first-order valence-corrected chi connectivity index (χ1v) is 4.73. The van der Waals surface area contributed by atoms with Gasteiger partial charge in [0.05, 0.1) is 0 Å². The van der Waals surface area contributed by atoms with E-state index in [1.54, 1.807) is 12.4 Å². The van der Waals surface area contributed by atoms with Gasteiger partial charge in [-0.1, -0.05) is 13.8 Å². The second-order valence-electron chi connectivity index (χ2n) is 3.20. The van der Waals surface area contributed by atoms with E-state index in [0.717, 1.165) is 12.2 Å². The highest BCUT2D eigenvalue weighted by atomic mass is 14.9. The standard InChI is InChI=1S/C10H17N3/c1-4-9(11-3)8(2)10-12-6-5-7-13-10/h5-9,11H,4H2,1-3H3. The molecule has 0 fully saturated rings. The molecule has 2 unspecified atom stereocenters. The smallest absolute Gasteiger partial charge is 0.132 e. The third kappa shape index (κ3) is 2.49. The molecule has 1 aromatic heterocycles. The fourth-order valence-corrected chi connectivity index (χ4v) is 1.53. The lowest BCUT2D eigenvalue weighted by Crippen LogP contribution is -2.30. The number of rotatable bonds is 4. The third-order valence-electron chi connectivity index (χ3n) is 2.41. The molecule has 0 spiro atoms. The van der Waals surface area contributed by atoms with Crippen molar-refractivity contribution < 1.29 is 0 Å². The first-order chi connectivity index (χ1) is 6.29. The predicted molar refractivity (Wildman–Crippen MR) is 53.6 cm³/mol. The maximum absolute atomic E-state index is 4.24. The van der Waals surface area contributed by atoms with Crippen molar-refractivity contribution in [3.05, 3.63) is 24.3 Å². The zero-order chi connectivity index (χ0) is 9.68. The summed E-state index contributed by atoms with van der Waals surface area (Å²) in [5.74, 6) is 1.29. The number of nitrogens with zero attached hydrogens (tertiary/aromatic N) is 2. The lowest BCUT2D eigenvalue weighted by molar-refractivity contribution is 0.457. The summed E-state index contributed by atoms with van der Waals surface area (Å²) in [6, 6.07) is 2.30. The Morgan fingerprint density at radius 3 is 2.46 bits per heavy atom. The van der Waals surface area contributed by atoms with Crippen molar-refractivity contribution in [2.45, 2.75) is 32.2 Å². The van der Waals surface area contributed by atoms with Crippen molar-refractivity contribution in [1.29, 1.82) is 0 Å². The minimum atomic E-state index is 0.371. The van der Waals surface area contributed by atoms with E-state index in [1.807, 2.05) is 13.1 Å². The highest BCUT2D eigenvalue weighted by Crippen LogP contribution is 2.15. The number of hydrogen-bond acceptors (Lipinski definition) is 3. The fourth-order valence-electron chi connectivity index (χ4n) is 1.53. The van der Waals surface area contributed by atoms with Gasteiger partial charge < -0.3 is 5.32 Å². The lowest BCUT2D eigenvalue weighted by atomic mass is 9.99. The van der Waals surface area contributed by atoms with E-state index in [1.165, 1.54) is 0 Å². The van der Waals surface area contributed by atoms with E-state index >= 15 is 0 Å². The molecule has 0 aliphatic carbocycles. The Balaban J connectivity index is 2.72. The first kappa shape index (κ1) is 10.1. The number of aromatic nitrogens is 2. The van der Waals surface area contributed by atoms with Crippen LogP contribution in [0.1, 0.15) is 32.0 Å². The van der Waals surface area contributed by atoms with Gasteiger partial charge in [0.25, 0.3) is 0 Å². The second kappa shape index (κ2) is 4.92. The van der Waals surface area contributed by atoms with Crippen LogP contribution in [0.3, 0.4) is 0 Å². The maximum atomic E-state index is 4.24. The SMILES string of the molecule is CCC(NC)C(C)c1ncccn1. The zero-order valence-electron chi connectivity index (χ0n) is 8.49. The van der Waals surface area contributed by atoms with E-state index in [0.29, 0.717) is 12.0 Å². The van der Waals surface area contributed by atoms with Gasteiger partial charge in [-0.15, -0.1) is 0 Å². The quantitative estimate of drug-likeness (QED) is 0.762. The van der Waals surface area contributed by atoms with Crippen LogP contribution in [0, 0.1) is 0 Å². The monoisotopic (exact) mass is 179 g/mol. The largest absolute Gasteiger partial charge is 0.316 e. The van der Waals surface area contributed by atoms with Gasteiger partial charge in [-0.05, 0) is 19.5 Å². The van der Waals surface area contributed by atoms with Gasteiger partial charge in [-0.2, -0.15) is 0 Å². The van der Waals surface area contributed by atoms with Gasteiger partial charge in [0, 0.05) is 24.4 Å². The minimum Gasteiger partial charge on any atom is -0.316 e. The van der Waals surface area contributed by atoms with Crippen LogP contribution in [0.2, 0.25) is 0 Å². The molecule has 0 aromatic carbocycles. The normalized spacial score (nSPS) is 15.3. The number of nitrogens with one attached hydrogen (secondary N) is 1. The summed E-state index contributed by atoms with van der Waals surface area (Å²) < 4.78 is 0. The molecule has 0 saturated heterocycles. The van der Waals surface area contributed by atoms with Gasteiger partial charge >= 0.3 is 0 Å². The van der Waals surface area contributed by atoms with Crippen molar-refractivity contribution in [2.24, 2.45) is 0 Å².